The Hall–Kier alpha value is -2.53. The number of nitrogens with zero attached hydrogens (tertiary/aromatic N) is 1. The van der Waals surface area contributed by atoms with E-state index < -0.39 is 12.6 Å². The Kier molecular flexibility index (Phi) is 6.80. The number of ether oxygens (including phenoxy) is 2. The van der Waals surface area contributed by atoms with Crippen LogP contribution in [0.15, 0.2) is 46.3 Å². The van der Waals surface area contributed by atoms with Gasteiger partial charge in [0.25, 0.3) is 5.91 Å². The summed E-state index contributed by atoms with van der Waals surface area (Å²) >= 11 is 3.29. The first-order valence-electron chi connectivity index (χ1n) is 8.44. The van der Waals surface area contributed by atoms with Crippen molar-refractivity contribution in [1.29, 1.82) is 0 Å². The summed E-state index contributed by atoms with van der Waals surface area (Å²) in [4.78, 5) is 28.0. The monoisotopic (exact) mass is 524 g/mol. The number of amides is 1. The van der Waals surface area contributed by atoms with E-state index in [2.05, 4.69) is 10.3 Å². The SMILES string of the molecule is COc1cc(/C=C2/SC(=Nc3ccc(C)cc3)NC2=O)cc(I)c1OCC(=O)O. The number of benzene rings is 2. The molecule has 1 heterocycles. The molecule has 29 heavy (non-hydrogen) atoms. The van der Waals surface area contributed by atoms with Crippen molar-refractivity contribution in [3.05, 3.63) is 56.0 Å². The maximum absolute atomic E-state index is 12.3. The molecule has 2 aromatic carbocycles. The fraction of sp³-hybridized carbons (Fsp3) is 0.150. The summed E-state index contributed by atoms with van der Waals surface area (Å²) in [6.45, 7) is 1.53. The zero-order chi connectivity index (χ0) is 21.0. The Labute approximate surface area is 185 Å². The van der Waals surface area contributed by atoms with Gasteiger partial charge < -0.3 is 19.9 Å². The van der Waals surface area contributed by atoms with Crippen LogP contribution in [0.3, 0.4) is 0 Å². The molecule has 0 atom stereocenters. The zero-order valence-corrected chi connectivity index (χ0v) is 18.5. The number of amidine groups is 1. The zero-order valence-electron chi connectivity index (χ0n) is 15.6. The van der Waals surface area contributed by atoms with E-state index in [1.807, 2.05) is 53.8 Å². The molecular weight excluding hydrogens is 507 g/mol. The maximum atomic E-state index is 12.3. The summed E-state index contributed by atoms with van der Waals surface area (Å²) < 4.78 is 11.3. The molecule has 9 heteroatoms. The Morgan fingerprint density at radius 2 is 2.03 bits per heavy atom. The molecule has 150 valence electrons. The van der Waals surface area contributed by atoms with Gasteiger partial charge >= 0.3 is 5.97 Å². The molecular formula is C20H17IN2O5S. The minimum Gasteiger partial charge on any atom is -0.493 e. The van der Waals surface area contributed by atoms with Gasteiger partial charge in [-0.15, -0.1) is 0 Å². The topological polar surface area (TPSA) is 97.2 Å². The number of methoxy groups -OCH3 is 1. The lowest BCUT2D eigenvalue weighted by atomic mass is 10.2. The number of thioether (sulfide) groups is 1. The first kappa shape index (κ1) is 21.2. The van der Waals surface area contributed by atoms with Crippen molar-refractivity contribution < 1.29 is 24.2 Å². The normalized spacial score (nSPS) is 16.2. The average molecular weight is 524 g/mol. The molecule has 0 bridgehead atoms. The molecule has 2 aromatic rings. The van der Waals surface area contributed by atoms with Gasteiger partial charge in [-0.25, -0.2) is 9.79 Å². The minimum atomic E-state index is -1.08. The number of halogens is 1. The molecule has 0 aliphatic carbocycles. The first-order chi connectivity index (χ1) is 13.9. The standard InChI is InChI=1S/C20H17IN2O5S/c1-11-3-5-13(6-4-11)22-20-23-19(26)16(29-20)9-12-7-14(21)18(15(8-12)27-2)28-10-17(24)25/h3-9H,10H2,1-2H3,(H,24,25)(H,22,23,26)/b16-9+. The third-order valence-corrected chi connectivity index (χ3v) is 5.52. The Bertz CT molecular complexity index is 1020. The highest BCUT2D eigenvalue weighted by molar-refractivity contribution is 14.1. The van der Waals surface area contributed by atoms with E-state index in [-0.39, 0.29) is 5.91 Å². The van der Waals surface area contributed by atoms with Crippen LogP contribution in [-0.2, 0) is 9.59 Å². The van der Waals surface area contributed by atoms with Gasteiger partial charge in [-0.3, -0.25) is 4.79 Å². The van der Waals surface area contributed by atoms with Gasteiger partial charge in [-0.05, 0) is 77.2 Å². The van der Waals surface area contributed by atoms with E-state index in [1.54, 1.807) is 18.2 Å². The van der Waals surface area contributed by atoms with Gasteiger partial charge in [0.2, 0.25) is 0 Å². The fourth-order valence-corrected chi connectivity index (χ4v) is 4.09. The highest BCUT2D eigenvalue weighted by atomic mass is 127. The van der Waals surface area contributed by atoms with E-state index in [0.29, 0.717) is 25.1 Å². The summed E-state index contributed by atoms with van der Waals surface area (Å²) in [6, 6.07) is 11.2. The number of rotatable bonds is 6. The predicted molar refractivity (Wildman–Crippen MR) is 121 cm³/mol. The molecule has 1 amide bonds. The predicted octanol–water partition coefficient (Wildman–Crippen LogP) is 3.96. The summed E-state index contributed by atoms with van der Waals surface area (Å²) in [7, 11) is 1.47. The second-order valence-electron chi connectivity index (χ2n) is 6.03. The Balaban J connectivity index is 1.84. The van der Waals surface area contributed by atoms with Crippen LogP contribution in [0.1, 0.15) is 11.1 Å². The van der Waals surface area contributed by atoms with Crippen molar-refractivity contribution in [2.24, 2.45) is 4.99 Å². The van der Waals surface area contributed by atoms with Crippen molar-refractivity contribution >= 4 is 63.2 Å². The number of nitrogens with one attached hydrogen (secondary N) is 1. The highest BCUT2D eigenvalue weighted by Crippen LogP contribution is 2.36. The third-order valence-electron chi connectivity index (χ3n) is 3.81. The van der Waals surface area contributed by atoms with Gasteiger partial charge in [0.1, 0.15) is 0 Å². The summed E-state index contributed by atoms with van der Waals surface area (Å²) in [5, 5.41) is 12.1. The highest BCUT2D eigenvalue weighted by Gasteiger charge is 2.24. The van der Waals surface area contributed by atoms with Crippen LogP contribution in [0.25, 0.3) is 6.08 Å². The van der Waals surface area contributed by atoms with E-state index in [9.17, 15) is 9.59 Å². The number of aliphatic imine (C=N–C) groups is 1. The molecule has 0 spiro atoms. The number of aliphatic carboxylic acids is 1. The maximum Gasteiger partial charge on any atom is 0.341 e. The van der Waals surface area contributed by atoms with E-state index >= 15 is 0 Å². The van der Waals surface area contributed by atoms with Crippen LogP contribution >= 0.6 is 34.4 Å². The Morgan fingerprint density at radius 1 is 1.31 bits per heavy atom. The molecule has 0 aromatic heterocycles. The molecule has 2 N–H and O–H groups in total. The van der Waals surface area contributed by atoms with Gasteiger partial charge in [0.05, 0.1) is 21.3 Å². The van der Waals surface area contributed by atoms with Gasteiger partial charge in [0.15, 0.2) is 23.3 Å². The molecule has 1 aliphatic heterocycles. The van der Waals surface area contributed by atoms with Crippen LogP contribution in [0.4, 0.5) is 5.69 Å². The lowest BCUT2D eigenvalue weighted by Crippen LogP contribution is -2.19. The number of carboxylic acids is 1. The van der Waals surface area contributed by atoms with Crippen molar-refractivity contribution in [1.82, 2.24) is 5.32 Å². The lowest BCUT2D eigenvalue weighted by molar-refractivity contribution is -0.139. The smallest absolute Gasteiger partial charge is 0.341 e. The van der Waals surface area contributed by atoms with Crippen molar-refractivity contribution in [2.75, 3.05) is 13.7 Å². The molecule has 0 radical (unpaired) electrons. The van der Waals surface area contributed by atoms with Gasteiger partial charge in [-0.2, -0.15) is 0 Å². The number of carbonyl (C=O) groups excluding carboxylic acids is 1. The third kappa shape index (κ3) is 5.51. The molecule has 7 nitrogen and oxygen atoms in total. The number of aryl methyl sites for hydroxylation is 1. The van der Waals surface area contributed by atoms with E-state index in [1.165, 1.54) is 18.9 Å². The molecule has 1 saturated heterocycles. The van der Waals surface area contributed by atoms with Crippen LogP contribution in [-0.4, -0.2) is 35.9 Å². The average Bonchev–Trinajstić information content (AvgIpc) is 3.01. The van der Waals surface area contributed by atoms with E-state index in [0.717, 1.165) is 16.8 Å². The van der Waals surface area contributed by atoms with Gasteiger partial charge in [0, 0.05) is 0 Å². The van der Waals surface area contributed by atoms with Crippen LogP contribution in [0, 0.1) is 10.5 Å². The minimum absolute atomic E-state index is 0.235. The summed E-state index contributed by atoms with van der Waals surface area (Å²) in [6.07, 6.45) is 1.73. The van der Waals surface area contributed by atoms with Crippen LogP contribution in [0.5, 0.6) is 11.5 Å². The largest absolute Gasteiger partial charge is 0.493 e. The summed E-state index contributed by atoms with van der Waals surface area (Å²) in [5.74, 6) is -0.570. The molecule has 1 aliphatic rings. The van der Waals surface area contributed by atoms with Crippen LogP contribution < -0.4 is 14.8 Å². The number of carbonyl (C=O) groups is 2. The van der Waals surface area contributed by atoms with Crippen molar-refractivity contribution in [3.63, 3.8) is 0 Å². The second kappa shape index (κ2) is 9.31. The quantitative estimate of drug-likeness (QED) is 0.439. The Morgan fingerprint density at radius 3 is 2.69 bits per heavy atom. The number of carboxylic acid groups (broad SMARTS) is 1. The fourth-order valence-electron chi connectivity index (χ4n) is 2.47. The lowest BCUT2D eigenvalue weighted by Gasteiger charge is -2.12. The molecule has 0 unspecified atom stereocenters. The van der Waals surface area contributed by atoms with E-state index in [4.69, 9.17) is 14.6 Å². The van der Waals surface area contributed by atoms with Crippen molar-refractivity contribution in [2.45, 2.75) is 6.92 Å². The molecule has 3 rings (SSSR count). The van der Waals surface area contributed by atoms with Crippen LogP contribution in [0.2, 0.25) is 0 Å². The van der Waals surface area contributed by atoms with Crippen molar-refractivity contribution in [3.8, 4) is 11.5 Å². The number of hydrogen-bond acceptors (Lipinski definition) is 6. The molecule has 0 saturated carbocycles. The van der Waals surface area contributed by atoms with Gasteiger partial charge in [-0.1, -0.05) is 17.7 Å². The molecule has 1 fully saturated rings. The second-order valence-corrected chi connectivity index (χ2v) is 8.23. The first-order valence-corrected chi connectivity index (χ1v) is 10.3. The number of hydrogen-bond donors (Lipinski definition) is 2. The summed E-state index contributed by atoms with van der Waals surface area (Å²) in [5.41, 5.74) is 2.62.